The van der Waals surface area contributed by atoms with Gasteiger partial charge in [0.2, 0.25) is 5.85 Å². The van der Waals surface area contributed by atoms with Crippen LogP contribution in [0.15, 0.2) is 24.3 Å². The van der Waals surface area contributed by atoms with Crippen molar-refractivity contribution in [2.45, 2.75) is 11.7 Å². The zero-order valence-electron chi connectivity index (χ0n) is 9.05. The minimum atomic E-state index is -2.17. The Kier molecular flexibility index (Phi) is 3.57. The first-order valence-corrected chi connectivity index (χ1v) is 4.65. The fourth-order valence-electron chi connectivity index (χ4n) is 0.954. The average molecular weight is 237 g/mol. The van der Waals surface area contributed by atoms with Crippen molar-refractivity contribution < 1.29 is 9.84 Å². The molecule has 0 aromatic heterocycles. The van der Waals surface area contributed by atoms with Gasteiger partial charge < -0.3 is 15.6 Å². The molecule has 92 valence electrons. The Balaban J connectivity index is 2.78. The topological polar surface area (TPSA) is 160 Å². The van der Waals surface area contributed by atoms with Crippen LogP contribution in [0.25, 0.3) is 0 Å². The van der Waals surface area contributed by atoms with Gasteiger partial charge in [0.15, 0.2) is 0 Å². The van der Waals surface area contributed by atoms with Crippen LogP contribution >= 0.6 is 0 Å². The van der Waals surface area contributed by atoms with Crippen LogP contribution in [0.4, 0.5) is 5.69 Å². The molecule has 1 rings (SSSR count). The molecule has 0 fully saturated rings. The molecule has 0 aliphatic rings. The number of rotatable bonds is 2. The van der Waals surface area contributed by atoms with Crippen LogP contribution in [0.1, 0.15) is 0 Å². The van der Waals surface area contributed by atoms with Gasteiger partial charge in [0.25, 0.3) is 5.85 Å². The molecule has 17 heavy (non-hydrogen) atoms. The standard InChI is InChI=1S/C10H15N5O2/c11-7-1-3-8(4-2-7)17-10(14,15)6-5-9(12,13)16/h1-4,16H,11-15H2. The number of benzene rings is 1. The maximum Gasteiger partial charge on any atom is 0.278 e. The van der Waals surface area contributed by atoms with E-state index in [1.54, 1.807) is 24.3 Å². The maximum absolute atomic E-state index is 8.98. The van der Waals surface area contributed by atoms with Crippen molar-refractivity contribution in [2.75, 3.05) is 5.73 Å². The third-order valence-corrected chi connectivity index (χ3v) is 1.62. The van der Waals surface area contributed by atoms with Crippen molar-refractivity contribution in [3.63, 3.8) is 0 Å². The van der Waals surface area contributed by atoms with E-state index in [0.717, 1.165) is 0 Å². The van der Waals surface area contributed by atoms with Gasteiger partial charge in [-0.1, -0.05) is 0 Å². The van der Waals surface area contributed by atoms with Crippen molar-refractivity contribution in [3.8, 4) is 17.6 Å². The summed E-state index contributed by atoms with van der Waals surface area (Å²) >= 11 is 0. The van der Waals surface area contributed by atoms with E-state index >= 15 is 0 Å². The number of aliphatic hydroxyl groups is 1. The fraction of sp³-hybridized carbons (Fsp3) is 0.200. The van der Waals surface area contributed by atoms with E-state index in [1.807, 2.05) is 0 Å². The smallest absolute Gasteiger partial charge is 0.278 e. The Morgan fingerprint density at radius 2 is 1.53 bits per heavy atom. The Morgan fingerprint density at radius 3 is 2.00 bits per heavy atom. The summed E-state index contributed by atoms with van der Waals surface area (Å²) in [5, 5.41) is 8.98. The highest BCUT2D eigenvalue weighted by molar-refractivity contribution is 5.42. The van der Waals surface area contributed by atoms with Gasteiger partial charge in [-0.3, -0.25) is 22.9 Å². The highest BCUT2D eigenvalue weighted by Gasteiger charge is 2.19. The average Bonchev–Trinajstić information content (AvgIpc) is 2.18. The summed E-state index contributed by atoms with van der Waals surface area (Å²) in [5.74, 6) is 0.652. The van der Waals surface area contributed by atoms with Crippen LogP contribution in [0.2, 0.25) is 0 Å². The van der Waals surface area contributed by atoms with Gasteiger partial charge in [-0.25, -0.2) is 0 Å². The lowest BCUT2D eigenvalue weighted by molar-refractivity contribution is 0.112. The Hall–Kier alpha value is -1.82. The molecule has 11 N–H and O–H groups in total. The first-order valence-electron chi connectivity index (χ1n) is 4.65. The van der Waals surface area contributed by atoms with Crippen LogP contribution in [-0.2, 0) is 0 Å². The summed E-state index contributed by atoms with van der Waals surface area (Å²) in [7, 11) is 0. The van der Waals surface area contributed by atoms with Crippen LogP contribution in [0.5, 0.6) is 5.75 Å². The minimum Gasteiger partial charge on any atom is -0.449 e. The zero-order chi connectivity index (χ0) is 13.1. The predicted octanol–water partition coefficient (Wildman–Crippen LogP) is -2.21. The van der Waals surface area contributed by atoms with E-state index in [-0.39, 0.29) is 0 Å². The third kappa shape index (κ3) is 5.17. The summed E-state index contributed by atoms with van der Waals surface area (Å²) in [6, 6.07) is 6.37. The molecule has 0 radical (unpaired) electrons. The number of ether oxygens (including phenoxy) is 1. The molecular formula is C10H15N5O2. The van der Waals surface area contributed by atoms with Gasteiger partial charge in [-0.2, -0.15) is 0 Å². The van der Waals surface area contributed by atoms with Gasteiger partial charge in [0.1, 0.15) is 5.75 Å². The summed E-state index contributed by atoms with van der Waals surface area (Å²) < 4.78 is 5.16. The van der Waals surface area contributed by atoms with Crippen LogP contribution in [0, 0.1) is 11.8 Å². The molecule has 7 heteroatoms. The third-order valence-electron chi connectivity index (χ3n) is 1.62. The second kappa shape index (κ2) is 4.58. The van der Waals surface area contributed by atoms with Crippen molar-refractivity contribution in [3.05, 3.63) is 24.3 Å². The van der Waals surface area contributed by atoms with Gasteiger partial charge in [0.05, 0.1) is 0 Å². The lowest BCUT2D eigenvalue weighted by Gasteiger charge is -2.20. The van der Waals surface area contributed by atoms with E-state index in [9.17, 15) is 0 Å². The number of anilines is 1. The Labute approximate surface area is 98.5 Å². The molecule has 0 spiro atoms. The second-order valence-electron chi connectivity index (χ2n) is 3.54. The number of hydrogen-bond acceptors (Lipinski definition) is 7. The van der Waals surface area contributed by atoms with Gasteiger partial charge >= 0.3 is 0 Å². The molecule has 1 aromatic rings. The highest BCUT2D eigenvalue weighted by atomic mass is 16.5. The second-order valence-corrected chi connectivity index (χ2v) is 3.54. The molecule has 1 aromatic carbocycles. The van der Waals surface area contributed by atoms with E-state index < -0.39 is 11.7 Å². The summed E-state index contributed by atoms with van der Waals surface area (Å²) in [6.07, 6.45) is 0. The fourth-order valence-corrected chi connectivity index (χ4v) is 0.954. The van der Waals surface area contributed by atoms with E-state index in [1.165, 1.54) is 0 Å². The van der Waals surface area contributed by atoms with Crippen LogP contribution < -0.4 is 33.4 Å². The molecule has 0 aliphatic heterocycles. The number of nitrogens with two attached hydrogens (primary N) is 5. The molecule has 0 atom stereocenters. The summed E-state index contributed by atoms with van der Waals surface area (Å²) in [6.45, 7) is 0. The van der Waals surface area contributed by atoms with Gasteiger partial charge in [0, 0.05) is 5.69 Å². The molecule has 0 saturated heterocycles. The van der Waals surface area contributed by atoms with Crippen molar-refractivity contribution >= 4 is 5.69 Å². The van der Waals surface area contributed by atoms with Gasteiger partial charge in [-0.15, -0.1) is 0 Å². The van der Waals surface area contributed by atoms with Crippen molar-refractivity contribution in [1.29, 1.82) is 0 Å². The van der Waals surface area contributed by atoms with Crippen molar-refractivity contribution in [1.82, 2.24) is 0 Å². The molecule has 0 unspecified atom stereocenters. The Morgan fingerprint density at radius 1 is 1.00 bits per heavy atom. The molecule has 0 heterocycles. The van der Waals surface area contributed by atoms with E-state index in [2.05, 4.69) is 11.8 Å². The number of nitrogen functional groups attached to an aromatic ring is 1. The molecule has 0 aliphatic carbocycles. The normalized spacial score (nSPS) is 11.6. The quantitative estimate of drug-likeness (QED) is 0.193. The monoisotopic (exact) mass is 237 g/mol. The van der Waals surface area contributed by atoms with Crippen molar-refractivity contribution in [2.24, 2.45) is 22.9 Å². The first kappa shape index (κ1) is 13.2. The van der Waals surface area contributed by atoms with Crippen LogP contribution in [0.3, 0.4) is 0 Å². The predicted molar refractivity (Wildman–Crippen MR) is 63.7 cm³/mol. The number of hydrogen-bond donors (Lipinski definition) is 6. The lowest BCUT2D eigenvalue weighted by atomic mass is 10.3. The first-order chi connectivity index (χ1) is 7.68. The molecule has 7 nitrogen and oxygen atoms in total. The van der Waals surface area contributed by atoms with E-state index in [0.29, 0.717) is 11.4 Å². The zero-order valence-corrected chi connectivity index (χ0v) is 9.05. The van der Waals surface area contributed by atoms with Crippen LogP contribution in [-0.4, -0.2) is 16.8 Å². The SMILES string of the molecule is Nc1ccc(OC(N)(N)C#CC(N)(N)O)cc1. The maximum atomic E-state index is 8.98. The Bertz CT molecular complexity index is 438. The summed E-state index contributed by atoms with van der Waals surface area (Å²) in [4.78, 5) is 0. The molecule has 0 bridgehead atoms. The minimum absolute atomic E-state index is 0.371. The summed E-state index contributed by atoms with van der Waals surface area (Å²) in [5.41, 5.74) is 27.2. The molecule has 0 saturated carbocycles. The van der Waals surface area contributed by atoms with Gasteiger partial charge in [-0.05, 0) is 36.1 Å². The highest BCUT2D eigenvalue weighted by Crippen LogP contribution is 2.15. The molecular weight excluding hydrogens is 222 g/mol. The van der Waals surface area contributed by atoms with E-state index in [4.69, 9.17) is 38.5 Å². The molecule has 0 amide bonds. The largest absolute Gasteiger partial charge is 0.449 e. The lowest BCUT2D eigenvalue weighted by Crippen LogP contribution is -2.55.